The van der Waals surface area contributed by atoms with Crippen molar-refractivity contribution in [2.75, 3.05) is 51.2 Å². The molecule has 6 heteroatoms. The van der Waals surface area contributed by atoms with Gasteiger partial charge < -0.3 is 14.7 Å². The van der Waals surface area contributed by atoms with Gasteiger partial charge in [0.1, 0.15) is 5.82 Å². The maximum absolute atomic E-state index is 12.6. The third kappa shape index (κ3) is 4.58. The van der Waals surface area contributed by atoms with Crippen molar-refractivity contribution in [3.8, 4) is 0 Å². The Balaban J connectivity index is 1.55. The van der Waals surface area contributed by atoms with E-state index in [0.717, 1.165) is 51.5 Å². The summed E-state index contributed by atoms with van der Waals surface area (Å²) in [6.07, 6.45) is 6.26. The van der Waals surface area contributed by atoms with Crippen LogP contribution in [-0.2, 0) is 6.42 Å². The summed E-state index contributed by atoms with van der Waals surface area (Å²) in [4.78, 5) is 27.6. The summed E-state index contributed by atoms with van der Waals surface area (Å²) >= 11 is 0. The quantitative estimate of drug-likeness (QED) is 0.794. The minimum Gasteiger partial charge on any atom is -0.359 e. The third-order valence-electron chi connectivity index (χ3n) is 4.98. The lowest BCUT2D eigenvalue weighted by Crippen LogP contribution is -2.48. The van der Waals surface area contributed by atoms with Gasteiger partial charge in [-0.25, -0.2) is 4.98 Å². The van der Waals surface area contributed by atoms with Crippen LogP contribution in [-0.4, -0.2) is 72.0 Å². The summed E-state index contributed by atoms with van der Waals surface area (Å²) in [6, 6.07) is 7.88. The van der Waals surface area contributed by atoms with Gasteiger partial charge in [-0.15, -0.1) is 0 Å². The molecule has 0 bridgehead atoms. The van der Waals surface area contributed by atoms with E-state index in [9.17, 15) is 4.79 Å². The first-order valence-corrected chi connectivity index (χ1v) is 9.25. The standard InChI is InChI=1S/C20H27N5O/c1-3-24-12-14-25(15-13-24)20(26)18-4-5-19(22-16-18)23(2)11-8-17-6-9-21-10-7-17/h4-7,9-10,16H,3,8,11-15H2,1-2H3. The van der Waals surface area contributed by atoms with Crippen LogP contribution >= 0.6 is 0 Å². The zero-order chi connectivity index (χ0) is 18.4. The van der Waals surface area contributed by atoms with E-state index in [4.69, 9.17) is 0 Å². The van der Waals surface area contributed by atoms with Gasteiger partial charge in [0, 0.05) is 58.4 Å². The van der Waals surface area contributed by atoms with E-state index in [1.54, 1.807) is 6.20 Å². The molecular weight excluding hydrogens is 326 g/mol. The first-order valence-electron chi connectivity index (χ1n) is 9.25. The lowest BCUT2D eigenvalue weighted by atomic mass is 10.2. The van der Waals surface area contributed by atoms with Crippen molar-refractivity contribution in [1.29, 1.82) is 0 Å². The first-order chi connectivity index (χ1) is 12.7. The number of amides is 1. The zero-order valence-corrected chi connectivity index (χ0v) is 15.6. The average molecular weight is 353 g/mol. The topological polar surface area (TPSA) is 52.6 Å². The second kappa shape index (κ2) is 8.76. The van der Waals surface area contributed by atoms with Gasteiger partial charge in [-0.2, -0.15) is 0 Å². The number of carbonyl (C=O) groups excluding carboxylic acids is 1. The largest absolute Gasteiger partial charge is 0.359 e. The molecule has 1 aliphatic heterocycles. The smallest absolute Gasteiger partial charge is 0.255 e. The molecule has 1 amide bonds. The van der Waals surface area contributed by atoms with E-state index >= 15 is 0 Å². The number of rotatable bonds is 6. The number of aromatic nitrogens is 2. The fourth-order valence-corrected chi connectivity index (χ4v) is 3.15. The van der Waals surface area contributed by atoms with Crippen LogP contribution in [0.1, 0.15) is 22.8 Å². The highest BCUT2D eigenvalue weighted by Gasteiger charge is 2.21. The molecule has 0 aliphatic carbocycles. The predicted octanol–water partition coefficient (Wildman–Crippen LogP) is 1.93. The first kappa shape index (κ1) is 18.3. The van der Waals surface area contributed by atoms with Crippen molar-refractivity contribution in [2.24, 2.45) is 0 Å². The minimum atomic E-state index is 0.0826. The second-order valence-corrected chi connectivity index (χ2v) is 6.66. The molecule has 0 aromatic carbocycles. The van der Waals surface area contributed by atoms with E-state index in [0.29, 0.717) is 5.56 Å². The normalized spacial score (nSPS) is 15.1. The van der Waals surface area contributed by atoms with Gasteiger partial charge in [-0.3, -0.25) is 9.78 Å². The van der Waals surface area contributed by atoms with Crippen molar-refractivity contribution in [1.82, 2.24) is 19.8 Å². The molecule has 0 unspecified atom stereocenters. The van der Waals surface area contributed by atoms with Crippen LogP contribution in [0.15, 0.2) is 42.9 Å². The number of pyridine rings is 2. The Morgan fingerprint density at radius 3 is 2.46 bits per heavy atom. The summed E-state index contributed by atoms with van der Waals surface area (Å²) < 4.78 is 0. The molecule has 1 saturated heterocycles. The van der Waals surface area contributed by atoms with Crippen LogP contribution in [0.4, 0.5) is 5.82 Å². The van der Waals surface area contributed by atoms with E-state index in [2.05, 4.69) is 26.7 Å². The SMILES string of the molecule is CCN1CCN(C(=O)c2ccc(N(C)CCc3ccncc3)nc2)CC1. The number of piperazine rings is 1. The molecule has 2 aromatic heterocycles. The number of hydrogen-bond donors (Lipinski definition) is 0. The van der Waals surface area contributed by atoms with Crippen molar-refractivity contribution in [3.63, 3.8) is 0 Å². The van der Waals surface area contributed by atoms with E-state index < -0.39 is 0 Å². The number of hydrogen-bond acceptors (Lipinski definition) is 5. The van der Waals surface area contributed by atoms with Crippen LogP contribution in [0, 0.1) is 0 Å². The maximum Gasteiger partial charge on any atom is 0.255 e. The summed E-state index contributed by atoms with van der Waals surface area (Å²) in [5, 5.41) is 0. The second-order valence-electron chi connectivity index (χ2n) is 6.66. The van der Waals surface area contributed by atoms with Gasteiger partial charge in [0.2, 0.25) is 0 Å². The van der Waals surface area contributed by atoms with Gasteiger partial charge in [0.05, 0.1) is 5.56 Å². The summed E-state index contributed by atoms with van der Waals surface area (Å²) in [5.74, 6) is 0.964. The Morgan fingerprint density at radius 1 is 1.12 bits per heavy atom. The van der Waals surface area contributed by atoms with Gasteiger partial charge >= 0.3 is 0 Å². The molecule has 0 saturated carbocycles. The molecule has 3 heterocycles. The highest BCUT2D eigenvalue weighted by molar-refractivity contribution is 5.94. The van der Waals surface area contributed by atoms with Crippen LogP contribution in [0.5, 0.6) is 0 Å². The van der Waals surface area contributed by atoms with Crippen molar-refractivity contribution >= 4 is 11.7 Å². The predicted molar refractivity (Wildman–Crippen MR) is 103 cm³/mol. The molecule has 2 aromatic rings. The molecular formula is C20H27N5O. The summed E-state index contributed by atoms with van der Waals surface area (Å²) in [5.41, 5.74) is 1.92. The fraction of sp³-hybridized carbons (Fsp3) is 0.450. The molecule has 26 heavy (non-hydrogen) atoms. The van der Waals surface area contributed by atoms with Gasteiger partial charge in [0.25, 0.3) is 5.91 Å². The molecule has 3 rings (SSSR count). The molecule has 0 radical (unpaired) electrons. The monoisotopic (exact) mass is 353 g/mol. The minimum absolute atomic E-state index is 0.0826. The Labute approximate surface area is 155 Å². The van der Waals surface area contributed by atoms with Crippen molar-refractivity contribution < 1.29 is 4.79 Å². The molecule has 0 spiro atoms. The Morgan fingerprint density at radius 2 is 1.85 bits per heavy atom. The summed E-state index contributed by atoms with van der Waals surface area (Å²) in [7, 11) is 2.02. The van der Waals surface area contributed by atoms with E-state index in [1.807, 2.05) is 48.6 Å². The molecule has 138 valence electrons. The highest BCUT2D eigenvalue weighted by atomic mass is 16.2. The lowest BCUT2D eigenvalue weighted by molar-refractivity contribution is 0.0643. The Hall–Kier alpha value is -2.47. The van der Waals surface area contributed by atoms with Crippen LogP contribution in [0.3, 0.4) is 0 Å². The Kier molecular flexibility index (Phi) is 6.17. The molecule has 0 N–H and O–H groups in total. The van der Waals surface area contributed by atoms with E-state index in [1.165, 1.54) is 5.56 Å². The summed E-state index contributed by atoms with van der Waals surface area (Å²) in [6.45, 7) is 7.55. The lowest BCUT2D eigenvalue weighted by Gasteiger charge is -2.34. The molecule has 6 nitrogen and oxygen atoms in total. The van der Waals surface area contributed by atoms with Crippen LogP contribution in [0.25, 0.3) is 0 Å². The fourth-order valence-electron chi connectivity index (χ4n) is 3.15. The van der Waals surface area contributed by atoms with Gasteiger partial charge in [-0.1, -0.05) is 6.92 Å². The number of likely N-dealkylation sites (N-methyl/N-ethyl adjacent to an activating group) is 2. The molecule has 0 atom stereocenters. The van der Waals surface area contributed by atoms with E-state index in [-0.39, 0.29) is 5.91 Å². The van der Waals surface area contributed by atoms with Crippen molar-refractivity contribution in [3.05, 3.63) is 54.0 Å². The Bertz CT molecular complexity index is 696. The number of anilines is 1. The van der Waals surface area contributed by atoms with Gasteiger partial charge in [0.15, 0.2) is 0 Å². The molecule has 1 aliphatic rings. The van der Waals surface area contributed by atoms with Gasteiger partial charge in [-0.05, 0) is 42.8 Å². The number of nitrogens with zero attached hydrogens (tertiary/aromatic N) is 5. The zero-order valence-electron chi connectivity index (χ0n) is 15.6. The number of carbonyl (C=O) groups is 1. The van der Waals surface area contributed by atoms with Crippen LogP contribution in [0.2, 0.25) is 0 Å². The van der Waals surface area contributed by atoms with Crippen molar-refractivity contribution in [2.45, 2.75) is 13.3 Å². The molecule has 1 fully saturated rings. The van der Waals surface area contributed by atoms with Crippen LogP contribution < -0.4 is 4.90 Å². The maximum atomic E-state index is 12.6. The average Bonchev–Trinajstić information content (AvgIpc) is 2.72. The third-order valence-corrected chi connectivity index (χ3v) is 4.98. The highest BCUT2D eigenvalue weighted by Crippen LogP contribution is 2.13.